The first kappa shape index (κ1) is 11.9. The molecule has 0 spiro atoms. The van der Waals surface area contributed by atoms with Gasteiger partial charge in [0.2, 0.25) is 0 Å². The number of aliphatic hydroxyl groups excluding tert-OH is 1. The molecule has 0 aromatic rings. The molecule has 0 saturated carbocycles. The van der Waals surface area contributed by atoms with Crippen LogP contribution in [0.1, 0.15) is 20.3 Å². The zero-order valence-corrected chi connectivity index (χ0v) is 9.55. The van der Waals surface area contributed by atoms with Gasteiger partial charge in [-0.2, -0.15) is 0 Å². The van der Waals surface area contributed by atoms with Crippen LogP contribution in [0.15, 0.2) is 0 Å². The lowest BCUT2D eigenvalue weighted by molar-refractivity contribution is 0.121. The van der Waals surface area contributed by atoms with Gasteiger partial charge in [-0.1, -0.05) is 13.8 Å². The molecule has 1 heterocycles. The van der Waals surface area contributed by atoms with Crippen molar-refractivity contribution in [1.29, 1.82) is 0 Å². The normalized spacial score (nSPS) is 28.1. The molecule has 1 rings (SSSR count). The second-order valence-corrected chi connectivity index (χ2v) is 6.55. The topological polar surface area (TPSA) is 66.4 Å². The second-order valence-electron chi connectivity index (χ2n) is 4.32. The van der Waals surface area contributed by atoms with Gasteiger partial charge in [0.15, 0.2) is 9.84 Å². The highest BCUT2D eigenvalue weighted by molar-refractivity contribution is 7.91. The van der Waals surface area contributed by atoms with E-state index in [-0.39, 0.29) is 23.5 Å². The molecule has 2 unspecified atom stereocenters. The van der Waals surface area contributed by atoms with Crippen molar-refractivity contribution in [3.63, 3.8) is 0 Å². The molecule has 5 heteroatoms. The SMILES string of the molecule is CC(C)C(O)CNC1CCS(=O)(=O)C1. The summed E-state index contributed by atoms with van der Waals surface area (Å²) in [6, 6.07) is 0.0356. The molecule has 2 N–H and O–H groups in total. The first-order chi connectivity index (χ1) is 6.41. The third-order valence-corrected chi connectivity index (χ3v) is 4.39. The van der Waals surface area contributed by atoms with Crippen molar-refractivity contribution in [2.24, 2.45) is 5.92 Å². The minimum absolute atomic E-state index is 0.0356. The van der Waals surface area contributed by atoms with E-state index in [1.807, 2.05) is 13.8 Å². The van der Waals surface area contributed by atoms with E-state index >= 15 is 0 Å². The van der Waals surface area contributed by atoms with Gasteiger partial charge in [0.05, 0.1) is 17.6 Å². The van der Waals surface area contributed by atoms with Crippen molar-refractivity contribution in [3.8, 4) is 0 Å². The Kier molecular flexibility index (Phi) is 3.92. The monoisotopic (exact) mass is 221 g/mol. The van der Waals surface area contributed by atoms with Gasteiger partial charge < -0.3 is 10.4 Å². The largest absolute Gasteiger partial charge is 0.392 e. The van der Waals surface area contributed by atoms with E-state index in [1.165, 1.54) is 0 Å². The zero-order chi connectivity index (χ0) is 10.8. The summed E-state index contributed by atoms with van der Waals surface area (Å²) in [6.07, 6.45) is 0.283. The fourth-order valence-electron chi connectivity index (χ4n) is 1.48. The maximum atomic E-state index is 11.1. The molecule has 14 heavy (non-hydrogen) atoms. The Balaban J connectivity index is 2.27. The Hall–Kier alpha value is -0.130. The predicted octanol–water partition coefficient (Wildman–Crippen LogP) is -0.220. The lowest BCUT2D eigenvalue weighted by Crippen LogP contribution is -2.38. The number of nitrogens with one attached hydrogen (secondary N) is 1. The molecule has 0 radical (unpaired) electrons. The van der Waals surface area contributed by atoms with E-state index in [9.17, 15) is 13.5 Å². The molecule has 2 atom stereocenters. The third kappa shape index (κ3) is 3.55. The predicted molar refractivity (Wildman–Crippen MR) is 55.9 cm³/mol. The average molecular weight is 221 g/mol. The number of sulfone groups is 1. The van der Waals surface area contributed by atoms with E-state index in [0.717, 1.165) is 0 Å². The molecule has 0 aromatic carbocycles. The first-order valence-corrected chi connectivity index (χ1v) is 6.85. The Morgan fingerprint density at radius 1 is 1.50 bits per heavy atom. The maximum absolute atomic E-state index is 11.1. The van der Waals surface area contributed by atoms with Gasteiger partial charge in [-0.3, -0.25) is 0 Å². The molecule has 84 valence electrons. The van der Waals surface area contributed by atoms with Crippen LogP contribution < -0.4 is 5.32 Å². The van der Waals surface area contributed by atoms with Gasteiger partial charge in [0.25, 0.3) is 0 Å². The number of hydrogen-bond acceptors (Lipinski definition) is 4. The van der Waals surface area contributed by atoms with Crippen molar-refractivity contribution < 1.29 is 13.5 Å². The van der Waals surface area contributed by atoms with Crippen LogP contribution in [-0.4, -0.2) is 43.7 Å². The van der Waals surface area contributed by atoms with E-state index in [4.69, 9.17) is 0 Å². The fraction of sp³-hybridized carbons (Fsp3) is 1.00. The van der Waals surface area contributed by atoms with Gasteiger partial charge in [-0.05, 0) is 12.3 Å². The van der Waals surface area contributed by atoms with Gasteiger partial charge in [0, 0.05) is 12.6 Å². The van der Waals surface area contributed by atoms with Crippen molar-refractivity contribution in [2.45, 2.75) is 32.4 Å². The summed E-state index contributed by atoms with van der Waals surface area (Å²) in [4.78, 5) is 0. The van der Waals surface area contributed by atoms with Crippen molar-refractivity contribution in [3.05, 3.63) is 0 Å². The van der Waals surface area contributed by atoms with Crippen LogP contribution in [0.4, 0.5) is 0 Å². The van der Waals surface area contributed by atoms with Crippen LogP contribution in [0.25, 0.3) is 0 Å². The third-order valence-electron chi connectivity index (χ3n) is 2.62. The molecule has 0 amide bonds. The van der Waals surface area contributed by atoms with Gasteiger partial charge in [0.1, 0.15) is 0 Å². The molecule has 0 aliphatic carbocycles. The molecule has 1 saturated heterocycles. The van der Waals surface area contributed by atoms with Crippen LogP contribution in [0, 0.1) is 5.92 Å². The van der Waals surface area contributed by atoms with Crippen molar-refractivity contribution >= 4 is 9.84 Å². The van der Waals surface area contributed by atoms with Gasteiger partial charge in [-0.25, -0.2) is 8.42 Å². The Morgan fingerprint density at radius 2 is 2.14 bits per heavy atom. The van der Waals surface area contributed by atoms with E-state index in [1.54, 1.807) is 0 Å². The molecule has 0 aromatic heterocycles. The number of hydrogen-bond donors (Lipinski definition) is 2. The van der Waals surface area contributed by atoms with Gasteiger partial charge >= 0.3 is 0 Å². The molecule has 1 fully saturated rings. The minimum atomic E-state index is -2.81. The summed E-state index contributed by atoms with van der Waals surface area (Å²) < 4.78 is 22.2. The quantitative estimate of drug-likeness (QED) is 0.689. The minimum Gasteiger partial charge on any atom is -0.392 e. The Morgan fingerprint density at radius 3 is 2.57 bits per heavy atom. The molecule has 0 bridgehead atoms. The van der Waals surface area contributed by atoms with E-state index in [0.29, 0.717) is 13.0 Å². The summed E-state index contributed by atoms with van der Waals surface area (Å²) in [5.74, 6) is 0.709. The van der Waals surface area contributed by atoms with Crippen molar-refractivity contribution in [2.75, 3.05) is 18.1 Å². The van der Waals surface area contributed by atoms with Crippen LogP contribution in [-0.2, 0) is 9.84 Å². The van der Waals surface area contributed by atoms with Crippen LogP contribution >= 0.6 is 0 Å². The summed E-state index contributed by atoms with van der Waals surface area (Å²) in [5.41, 5.74) is 0. The summed E-state index contributed by atoms with van der Waals surface area (Å²) in [6.45, 7) is 4.37. The smallest absolute Gasteiger partial charge is 0.151 e. The zero-order valence-electron chi connectivity index (χ0n) is 8.73. The highest BCUT2D eigenvalue weighted by Gasteiger charge is 2.27. The van der Waals surface area contributed by atoms with E-state index in [2.05, 4.69) is 5.32 Å². The average Bonchev–Trinajstić information content (AvgIpc) is 2.41. The lowest BCUT2D eigenvalue weighted by atomic mass is 10.1. The molecule has 4 nitrogen and oxygen atoms in total. The fourth-order valence-corrected chi connectivity index (χ4v) is 3.19. The van der Waals surface area contributed by atoms with Crippen LogP contribution in [0.3, 0.4) is 0 Å². The van der Waals surface area contributed by atoms with Crippen molar-refractivity contribution in [1.82, 2.24) is 5.32 Å². The van der Waals surface area contributed by atoms with Gasteiger partial charge in [-0.15, -0.1) is 0 Å². The number of aliphatic hydroxyl groups is 1. The standard InChI is InChI=1S/C9H19NO3S/c1-7(2)9(11)5-10-8-3-4-14(12,13)6-8/h7-11H,3-6H2,1-2H3. The summed E-state index contributed by atoms with van der Waals surface area (Å²) in [5, 5.41) is 12.6. The first-order valence-electron chi connectivity index (χ1n) is 5.02. The Bertz CT molecular complexity index is 274. The highest BCUT2D eigenvalue weighted by atomic mass is 32.2. The molecule has 1 aliphatic rings. The molecule has 1 aliphatic heterocycles. The maximum Gasteiger partial charge on any atom is 0.151 e. The highest BCUT2D eigenvalue weighted by Crippen LogP contribution is 2.11. The summed E-state index contributed by atoms with van der Waals surface area (Å²) in [7, 11) is -2.81. The van der Waals surface area contributed by atoms with Crippen LogP contribution in [0.2, 0.25) is 0 Å². The van der Waals surface area contributed by atoms with Crippen LogP contribution in [0.5, 0.6) is 0 Å². The summed E-state index contributed by atoms with van der Waals surface area (Å²) >= 11 is 0. The molecular weight excluding hydrogens is 202 g/mol. The lowest BCUT2D eigenvalue weighted by Gasteiger charge is -2.17. The number of rotatable bonds is 4. The second kappa shape index (κ2) is 4.59. The Labute approximate surface area is 85.6 Å². The van der Waals surface area contributed by atoms with E-state index < -0.39 is 15.9 Å². The molecular formula is C9H19NO3S.